The maximum atomic E-state index is 13.3. The summed E-state index contributed by atoms with van der Waals surface area (Å²) < 4.78 is 5.19. The predicted molar refractivity (Wildman–Crippen MR) is 125 cm³/mol. The van der Waals surface area contributed by atoms with Gasteiger partial charge in [-0.15, -0.1) is 0 Å². The number of amides is 2. The van der Waals surface area contributed by atoms with E-state index in [0.717, 1.165) is 11.1 Å². The van der Waals surface area contributed by atoms with Crippen LogP contribution in [-0.4, -0.2) is 53.0 Å². The molecule has 3 rings (SSSR count). The number of hydrogen-bond donors (Lipinski definition) is 2. The average Bonchev–Trinajstić information content (AvgIpc) is 2.76. The Morgan fingerprint density at radius 2 is 1.66 bits per heavy atom. The first-order chi connectivity index (χ1) is 15.4. The third kappa shape index (κ3) is 5.91. The molecule has 2 aromatic rings. The molecule has 1 aliphatic heterocycles. The smallest absolute Gasteiger partial charge is 0.308 e. The number of ether oxygens (including phenoxy) is 1. The summed E-state index contributed by atoms with van der Waals surface area (Å²) in [6.45, 7) is 4.24. The molecule has 32 heavy (non-hydrogen) atoms. The number of benzene rings is 2. The third-order valence-corrected chi connectivity index (χ3v) is 5.41. The van der Waals surface area contributed by atoms with Crippen LogP contribution in [0.1, 0.15) is 37.3 Å². The molecule has 0 spiro atoms. The molecule has 1 saturated heterocycles. The van der Waals surface area contributed by atoms with Crippen molar-refractivity contribution < 1.29 is 19.1 Å². The van der Waals surface area contributed by atoms with Crippen molar-refractivity contribution in [1.82, 2.24) is 15.5 Å². The lowest BCUT2D eigenvalue weighted by molar-refractivity contribution is -0.150. The van der Waals surface area contributed by atoms with E-state index in [-0.39, 0.29) is 29.5 Å². The van der Waals surface area contributed by atoms with E-state index in [1.165, 1.54) is 0 Å². The Kier molecular flexibility index (Phi) is 7.94. The number of carbonyl (C=O) groups is 3. The number of piperazine rings is 1. The van der Waals surface area contributed by atoms with E-state index in [4.69, 9.17) is 17.0 Å². The Labute approximate surface area is 193 Å². The summed E-state index contributed by atoms with van der Waals surface area (Å²) in [4.78, 5) is 39.6. The predicted octanol–water partition coefficient (Wildman–Crippen LogP) is 2.36. The zero-order valence-electron chi connectivity index (χ0n) is 18.1. The number of hydrogen-bond acceptors (Lipinski definition) is 5. The molecule has 1 unspecified atom stereocenters. The maximum absolute atomic E-state index is 13.3. The van der Waals surface area contributed by atoms with Crippen molar-refractivity contribution >= 4 is 35.1 Å². The van der Waals surface area contributed by atoms with Crippen LogP contribution in [0.5, 0.6) is 0 Å². The van der Waals surface area contributed by atoms with E-state index < -0.39 is 17.9 Å². The summed E-state index contributed by atoms with van der Waals surface area (Å²) in [7, 11) is 0. The second-order valence-electron chi connectivity index (χ2n) is 7.79. The highest BCUT2D eigenvalue weighted by molar-refractivity contribution is 7.80. The average molecular weight is 454 g/mol. The van der Waals surface area contributed by atoms with E-state index in [1.807, 2.05) is 60.7 Å². The van der Waals surface area contributed by atoms with E-state index >= 15 is 0 Å². The molecule has 168 valence electrons. The fourth-order valence-electron chi connectivity index (χ4n) is 3.67. The van der Waals surface area contributed by atoms with Gasteiger partial charge in [-0.2, -0.15) is 0 Å². The van der Waals surface area contributed by atoms with Gasteiger partial charge in [-0.1, -0.05) is 60.7 Å². The Morgan fingerprint density at radius 3 is 2.19 bits per heavy atom. The fraction of sp³-hybridized carbons (Fsp3) is 0.333. The van der Waals surface area contributed by atoms with Gasteiger partial charge in [-0.3, -0.25) is 14.4 Å². The van der Waals surface area contributed by atoms with Crippen LogP contribution in [0.15, 0.2) is 60.7 Å². The minimum atomic E-state index is -0.838. The number of nitrogens with one attached hydrogen (secondary N) is 2. The molecular weight excluding hydrogens is 426 g/mol. The van der Waals surface area contributed by atoms with Crippen LogP contribution < -0.4 is 10.6 Å². The number of carbonyl (C=O) groups excluding carboxylic acids is 3. The lowest BCUT2D eigenvalue weighted by atomic mass is 9.90. The number of thiocarbonyl (C=S) groups is 1. The minimum Gasteiger partial charge on any atom is -0.463 e. The van der Waals surface area contributed by atoms with E-state index in [1.54, 1.807) is 18.7 Å². The van der Waals surface area contributed by atoms with Gasteiger partial charge in [0.05, 0.1) is 18.4 Å². The van der Waals surface area contributed by atoms with Gasteiger partial charge in [0.15, 0.2) is 5.11 Å². The molecule has 1 fully saturated rings. The molecule has 2 N–H and O–H groups in total. The van der Waals surface area contributed by atoms with Gasteiger partial charge in [-0.05, 0) is 37.2 Å². The molecule has 1 atom stereocenters. The van der Waals surface area contributed by atoms with Gasteiger partial charge in [0.25, 0.3) is 0 Å². The van der Waals surface area contributed by atoms with Crippen molar-refractivity contribution in [1.29, 1.82) is 0 Å². The van der Waals surface area contributed by atoms with Crippen LogP contribution in [0.2, 0.25) is 0 Å². The van der Waals surface area contributed by atoms with Crippen LogP contribution in [0.4, 0.5) is 0 Å². The van der Waals surface area contributed by atoms with Crippen molar-refractivity contribution in [3.8, 4) is 0 Å². The largest absolute Gasteiger partial charge is 0.463 e. The van der Waals surface area contributed by atoms with Crippen molar-refractivity contribution in [2.24, 2.45) is 0 Å². The van der Waals surface area contributed by atoms with Gasteiger partial charge in [-0.25, -0.2) is 0 Å². The molecule has 8 heteroatoms. The first-order valence-corrected chi connectivity index (χ1v) is 11.0. The Bertz CT molecular complexity index is 926. The zero-order valence-corrected chi connectivity index (χ0v) is 18.9. The summed E-state index contributed by atoms with van der Waals surface area (Å²) >= 11 is 5.50. The highest BCUT2D eigenvalue weighted by atomic mass is 32.1. The third-order valence-electron chi connectivity index (χ3n) is 5.08. The molecular formula is C24H27N3O4S. The van der Waals surface area contributed by atoms with Gasteiger partial charge in [0.2, 0.25) is 11.8 Å². The molecule has 1 aliphatic rings. The van der Waals surface area contributed by atoms with Crippen LogP contribution in [0, 0.1) is 0 Å². The molecule has 2 amide bonds. The highest BCUT2D eigenvalue weighted by Gasteiger charge is 2.35. The van der Waals surface area contributed by atoms with Gasteiger partial charge >= 0.3 is 5.97 Å². The topological polar surface area (TPSA) is 87.7 Å². The molecule has 0 aliphatic carbocycles. The van der Waals surface area contributed by atoms with Crippen molar-refractivity contribution in [3.05, 3.63) is 71.8 Å². The molecule has 1 heterocycles. The first kappa shape index (κ1) is 23.4. The summed E-state index contributed by atoms with van der Waals surface area (Å²) in [6.07, 6.45) is -0.437. The van der Waals surface area contributed by atoms with E-state index in [2.05, 4.69) is 10.6 Å². The lowest BCUT2D eigenvalue weighted by Crippen LogP contribution is -2.60. The van der Waals surface area contributed by atoms with Crippen molar-refractivity contribution in [3.63, 3.8) is 0 Å². The number of esters is 1. The summed E-state index contributed by atoms with van der Waals surface area (Å²) in [6, 6.07) is 18.0. The number of rotatable bonds is 6. The molecule has 0 bridgehead atoms. The highest BCUT2D eigenvalue weighted by Crippen LogP contribution is 2.25. The van der Waals surface area contributed by atoms with Crippen molar-refractivity contribution in [2.45, 2.75) is 38.3 Å². The van der Waals surface area contributed by atoms with Gasteiger partial charge in [0, 0.05) is 13.1 Å². The summed E-state index contributed by atoms with van der Waals surface area (Å²) in [5, 5.41) is 5.66. The van der Waals surface area contributed by atoms with Crippen LogP contribution >= 0.6 is 12.2 Å². The standard InChI is InChI=1S/C24H27N3O4S/c1-16(2)31-20(28)15-19-22(29)25-13-14-27(19)24(32)26-23(30)21(17-9-5-3-6-10-17)18-11-7-4-8-12-18/h3-12,16,19,21H,13-15H2,1-2H3,(H,25,29)(H,26,30,32). The first-order valence-electron chi connectivity index (χ1n) is 10.6. The lowest BCUT2D eigenvalue weighted by Gasteiger charge is -2.36. The van der Waals surface area contributed by atoms with Gasteiger partial charge < -0.3 is 20.3 Å². The normalized spacial score (nSPS) is 15.9. The van der Waals surface area contributed by atoms with E-state index in [9.17, 15) is 14.4 Å². The molecule has 7 nitrogen and oxygen atoms in total. The molecule has 0 radical (unpaired) electrons. The van der Waals surface area contributed by atoms with Crippen LogP contribution in [0.3, 0.4) is 0 Å². The molecule has 0 saturated carbocycles. The Hall–Kier alpha value is -3.26. The SMILES string of the molecule is CC(C)OC(=O)CC1C(=O)NCCN1C(=S)NC(=O)C(c1ccccc1)c1ccccc1. The maximum Gasteiger partial charge on any atom is 0.308 e. The van der Waals surface area contributed by atoms with Gasteiger partial charge in [0.1, 0.15) is 6.04 Å². The Balaban J connectivity index is 1.79. The molecule has 2 aromatic carbocycles. The second kappa shape index (κ2) is 10.9. The number of nitrogens with zero attached hydrogens (tertiary/aromatic N) is 1. The zero-order chi connectivity index (χ0) is 23.1. The Morgan fingerprint density at radius 1 is 1.09 bits per heavy atom. The monoisotopic (exact) mass is 453 g/mol. The minimum absolute atomic E-state index is 0.115. The van der Waals surface area contributed by atoms with Crippen LogP contribution in [0.25, 0.3) is 0 Å². The second-order valence-corrected chi connectivity index (χ2v) is 8.18. The van der Waals surface area contributed by atoms with Crippen LogP contribution in [-0.2, 0) is 19.1 Å². The molecule has 0 aromatic heterocycles. The van der Waals surface area contributed by atoms with Crippen molar-refractivity contribution in [2.75, 3.05) is 13.1 Å². The summed E-state index contributed by atoms with van der Waals surface area (Å²) in [5.41, 5.74) is 1.65. The quantitative estimate of drug-likeness (QED) is 0.516. The summed E-state index contributed by atoms with van der Waals surface area (Å²) in [5.74, 6) is -1.69. The fourth-order valence-corrected chi connectivity index (χ4v) is 3.98. The van der Waals surface area contributed by atoms with E-state index in [0.29, 0.717) is 13.1 Å².